The summed E-state index contributed by atoms with van der Waals surface area (Å²) in [6, 6.07) is 5.49. The van der Waals surface area contributed by atoms with Crippen molar-refractivity contribution < 1.29 is 58.7 Å². The molecule has 4 amide bonds. The number of thiazole rings is 2. The maximum atomic E-state index is 13.8. The zero-order chi connectivity index (χ0) is 52.9. The van der Waals surface area contributed by atoms with Gasteiger partial charge in [-0.2, -0.15) is 39.5 Å². The van der Waals surface area contributed by atoms with Crippen LogP contribution in [0.25, 0.3) is 0 Å². The van der Waals surface area contributed by atoms with Crippen molar-refractivity contribution >= 4 is 56.6 Å². The normalized spacial score (nSPS) is 23.1. The van der Waals surface area contributed by atoms with E-state index in [9.17, 15) is 58.7 Å². The topological polar surface area (TPSA) is 149 Å². The van der Waals surface area contributed by atoms with Crippen LogP contribution >= 0.6 is 22.7 Å². The fourth-order valence-electron chi connectivity index (χ4n) is 10.7. The van der Waals surface area contributed by atoms with E-state index in [2.05, 4.69) is 41.0 Å². The number of likely N-dealkylation sites (tertiary alicyclic amines) is 2. The Hall–Kier alpha value is -5.13. The standard InChI is InChI=1S/C26H33F3N4O2S.C24H26F6N4O2S/c1-17-11-19(13-20(12-17)26(27,28)29)15-30-23(35)25(22-16-36-24(32-22)31-18(2)34)8-7-21(14-25)33-9-5-3-4-6-10-33;1-14(35)32-21-33-19(13-37-21)22(5-4-18(11-22)34-6-2-3-7-34)20(36)31-12-15-8-16(23(25,26)27)10-17(9-15)24(28,29)30/h11-13,16,21H,3-10,14-15H2,1-2H3,(H,30,35)(H,31,32,34);8-10,13,18H,2-7,11-12H2,1H3,(H,31,36)(H,32,33,35). The number of amides is 4. The smallest absolute Gasteiger partial charge is 0.351 e. The van der Waals surface area contributed by atoms with Crippen LogP contribution in [0.15, 0.2) is 47.2 Å². The average Bonchev–Trinajstić information content (AvgIpc) is 4.18. The molecule has 2 aliphatic heterocycles. The summed E-state index contributed by atoms with van der Waals surface area (Å²) < 4.78 is 119. The Labute approximate surface area is 425 Å². The molecule has 4 atom stereocenters. The number of anilines is 2. The zero-order valence-electron chi connectivity index (χ0n) is 40.6. The van der Waals surface area contributed by atoms with E-state index >= 15 is 0 Å². The van der Waals surface area contributed by atoms with Gasteiger partial charge in [0.2, 0.25) is 23.6 Å². The molecule has 2 saturated heterocycles. The molecule has 4 aliphatic rings. The van der Waals surface area contributed by atoms with E-state index in [0.717, 1.165) is 81.8 Å². The number of aryl methyl sites for hydroxylation is 1. The minimum atomic E-state index is -4.98. The van der Waals surface area contributed by atoms with Crippen molar-refractivity contribution in [3.63, 3.8) is 0 Å². The van der Waals surface area contributed by atoms with Crippen LogP contribution in [-0.4, -0.2) is 81.7 Å². The lowest BCUT2D eigenvalue weighted by molar-refractivity contribution is -0.143. The highest BCUT2D eigenvalue weighted by atomic mass is 32.1. The third kappa shape index (κ3) is 13.8. The first kappa shape index (κ1) is 55.6. The lowest BCUT2D eigenvalue weighted by Crippen LogP contribution is -2.44. The molecular formula is C50H59F9N8O4S2. The fourth-order valence-corrected chi connectivity index (χ4v) is 12.4. The molecule has 12 nitrogen and oxygen atoms in total. The van der Waals surface area contributed by atoms with Gasteiger partial charge in [0.1, 0.15) is 0 Å². The second-order valence-electron chi connectivity index (χ2n) is 19.6. The molecule has 2 aromatic heterocycles. The van der Waals surface area contributed by atoms with E-state index in [0.29, 0.717) is 77.0 Å². The van der Waals surface area contributed by atoms with Gasteiger partial charge in [0.25, 0.3) is 0 Å². The molecule has 8 rings (SSSR count). The number of aromatic nitrogens is 2. The Morgan fingerprint density at radius 2 is 0.945 bits per heavy atom. The largest absolute Gasteiger partial charge is 0.416 e. The van der Waals surface area contributed by atoms with Gasteiger partial charge in [0, 0.05) is 49.8 Å². The summed E-state index contributed by atoms with van der Waals surface area (Å²) >= 11 is 2.43. The quantitative estimate of drug-likeness (QED) is 0.103. The van der Waals surface area contributed by atoms with Crippen molar-refractivity contribution in [2.75, 3.05) is 36.8 Å². The molecule has 73 heavy (non-hydrogen) atoms. The average molecular weight is 1070 g/mol. The summed E-state index contributed by atoms with van der Waals surface area (Å²) in [5.74, 6) is -1.30. The summed E-state index contributed by atoms with van der Waals surface area (Å²) in [7, 11) is 0. The van der Waals surface area contributed by atoms with E-state index in [1.807, 2.05) is 5.38 Å². The predicted molar refractivity (Wildman–Crippen MR) is 259 cm³/mol. The van der Waals surface area contributed by atoms with Crippen molar-refractivity contribution in [2.45, 2.75) is 152 Å². The SMILES string of the molecule is CC(=O)Nc1nc(C2(C(=O)NCc3cc(C(F)(F)F)cc(C(F)(F)F)c3)CCC(N3CCCC3)C2)cs1.CC(=O)Nc1nc(C2(C(=O)NCc3cc(C)cc(C(F)(F)F)c3)CCC(N3CCCCCC3)C2)cs1. The van der Waals surface area contributed by atoms with Crippen LogP contribution < -0.4 is 21.3 Å². The van der Waals surface area contributed by atoms with Crippen molar-refractivity contribution in [2.24, 2.45) is 0 Å². The maximum Gasteiger partial charge on any atom is 0.416 e. The molecule has 2 aliphatic carbocycles. The number of rotatable bonds is 12. The highest BCUT2D eigenvalue weighted by molar-refractivity contribution is 7.14. The van der Waals surface area contributed by atoms with Crippen LogP contribution in [0.1, 0.15) is 136 Å². The van der Waals surface area contributed by atoms with Gasteiger partial charge in [-0.25, -0.2) is 9.97 Å². The molecule has 23 heteroatoms. The van der Waals surface area contributed by atoms with Gasteiger partial charge < -0.3 is 31.1 Å². The Kier molecular flexibility index (Phi) is 17.4. The predicted octanol–water partition coefficient (Wildman–Crippen LogP) is 10.8. The number of carbonyl (C=O) groups is 4. The van der Waals surface area contributed by atoms with Gasteiger partial charge in [-0.3, -0.25) is 19.2 Å². The number of nitrogens with one attached hydrogen (secondary N) is 4. The number of carbonyl (C=O) groups excluding carboxylic acids is 4. The summed E-state index contributed by atoms with van der Waals surface area (Å²) in [6.07, 6.45) is -3.98. The molecule has 0 bridgehead atoms. The second-order valence-corrected chi connectivity index (χ2v) is 21.3. The van der Waals surface area contributed by atoms with Gasteiger partial charge in [0.15, 0.2) is 10.3 Å². The minimum Gasteiger partial charge on any atom is -0.351 e. The molecule has 398 valence electrons. The Bertz CT molecular complexity index is 2570. The van der Waals surface area contributed by atoms with Crippen molar-refractivity contribution in [1.82, 2.24) is 30.4 Å². The van der Waals surface area contributed by atoms with Gasteiger partial charge in [-0.1, -0.05) is 24.5 Å². The van der Waals surface area contributed by atoms with Crippen molar-refractivity contribution in [1.29, 1.82) is 0 Å². The minimum absolute atomic E-state index is 0.00240. The van der Waals surface area contributed by atoms with Crippen LogP contribution in [0.4, 0.5) is 49.8 Å². The van der Waals surface area contributed by atoms with Gasteiger partial charge in [-0.05, 0) is 139 Å². The molecular weight excluding hydrogens is 1010 g/mol. The Balaban J connectivity index is 0.000000214. The summed E-state index contributed by atoms with van der Waals surface area (Å²) in [5, 5.41) is 15.0. The first-order valence-corrected chi connectivity index (χ1v) is 26.1. The molecule has 0 spiro atoms. The molecule has 4 heterocycles. The lowest BCUT2D eigenvalue weighted by atomic mass is 9.81. The summed E-state index contributed by atoms with van der Waals surface area (Å²) in [4.78, 5) is 64.2. The van der Waals surface area contributed by atoms with Crippen LogP contribution in [-0.2, 0) is 61.6 Å². The maximum absolute atomic E-state index is 13.8. The number of hydrogen-bond donors (Lipinski definition) is 4. The number of halogens is 9. The molecule has 4 fully saturated rings. The Morgan fingerprint density at radius 3 is 1.33 bits per heavy atom. The molecule has 4 aromatic rings. The van der Waals surface area contributed by atoms with Crippen molar-refractivity contribution in [3.8, 4) is 0 Å². The van der Waals surface area contributed by atoms with E-state index in [-0.39, 0.29) is 48.0 Å². The second kappa shape index (κ2) is 22.8. The van der Waals surface area contributed by atoms with Crippen LogP contribution in [0, 0.1) is 6.92 Å². The summed E-state index contributed by atoms with van der Waals surface area (Å²) in [5.41, 5.74) is -3.95. The van der Waals surface area contributed by atoms with Gasteiger partial charge >= 0.3 is 18.5 Å². The van der Waals surface area contributed by atoms with E-state index in [1.165, 1.54) is 38.0 Å². The number of alkyl halides is 9. The Morgan fingerprint density at radius 1 is 0.575 bits per heavy atom. The van der Waals surface area contributed by atoms with E-state index in [4.69, 9.17) is 0 Å². The highest BCUT2D eigenvalue weighted by Gasteiger charge is 2.51. The van der Waals surface area contributed by atoms with Gasteiger partial charge in [0.05, 0.1) is 38.9 Å². The number of hydrogen-bond acceptors (Lipinski definition) is 10. The zero-order valence-corrected chi connectivity index (χ0v) is 42.3. The first-order valence-electron chi connectivity index (χ1n) is 24.3. The van der Waals surface area contributed by atoms with E-state index < -0.39 is 58.5 Å². The molecule has 4 N–H and O–H groups in total. The highest BCUT2D eigenvalue weighted by Crippen LogP contribution is 2.47. The van der Waals surface area contributed by atoms with Crippen LogP contribution in [0.2, 0.25) is 0 Å². The molecule has 2 aromatic carbocycles. The lowest BCUT2D eigenvalue weighted by Gasteiger charge is -2.30. The molecule has 4 unspecified atom stereocenters. The van der Waals surface area contributed by atoms with Gasteiger partial charge in [-0.15, -0.1) is 22.7 Å². The van der Waals surface area contributed by atoms with Crippen molar-refractivity contribution in [3.05, 3.63) is 91.9 Å². The third-order valence-electron chi connectivity index (χ3n) is 14.2. The fraction of sp³-hybridized carbons (Fsp3) is 0.560. The monoisotopic (exact) mass is 1070 g/mol. The summed E-state index contributed by atoms with van der Waals surface area (Å²) in [6.45, 7) is 7.68. The molecule has 0 radical (unpaired) electrons. The molecule has 2 saturated carbocycles. The van der Waals surface area contributed by atoms with E-state index in [1.54, 1.807) is 18.4 Å². The number of benzene rings is 2. The third-order valence-corrected chi connectivity index (χ3v) is 15.7. The van der Waals surface area contributed by atoms with Crippen LogP contribution in [0.3, 0.4) is 0 Å². The first-order chi connectivity index (χ1) is 34.3. The van der Waals surface area contributed by atoms with Crippen LogP contribution in [0.5, 0.6) is 0 Å². The number of nitrogens with zero attached hydrogens (tertiary/aromatic N) is 4.